The Balaban J connectivity index is 0.000000815. The van der Waals surface area contributed by atoms with Crippen molar-refractivity contribution in [3.05, 3.63) is 56.8 Å². The molecular formula is C19H21BrClN3. The molecule has 0 N–H and O–H groups in total. The van der Waals surface area contributed by atoms with Crippen LogP contribution in [0.5, 0.6) is 0 Å². The quantitative estimate of drug-likeness (QED) is 0.525. The standard InChI is InChI=1S/C17H15BrClN3.C2H6/c1-10-17-16(7-12(18)8-20-17)22(21-10)9-14-13(11-5-6-11)3-2-4-15(14)19;1-2/h2-4,7-8,11H,5-6,9H2,1H3;1-2H3. The Labute approximate surface area is 156 Å². The van der Waals surface area contributed by atoms with Gasteiger partial charge in [-0.05, 0) is 64.9 Å². The minimum Gasteiger partial charge on any atom is -0.258 e. The molecule has 0 aliphatic heterocycles. The molecule has 0 saturated heterocycles. The average molecular weight is 407 g/mol. The highest BCUT2D eigenvalue weighted by molar-refractivity contribution is 9.10. The van der Waals surface area contributed by atoms with Crippen LogP contribution in [0.15, 0.2) is 34.9 Å². The van der Waals surface area contributed by atoms with Crippen LogP contribution in [0, 0.1) is 6.92 Å². The number of rotatable bonds is 3. The summed E-state index contributed by atoms with van der Waals surface area (Å²) in [5.74, 6) is 0.668. The van der Waals surface area contributed by atoms with E-state index in [1.807, 2.05) is 43.8 Å². The first kappa shape index (κ1) is 17.4. The van der Waals surface area contributed by atoms with Crippen molar-refractivity contribution in [3.63, 3.8) is 0 Å². The normalized spacial score (nSPS) is 13.7. The van der Waals surface area contributed by atoms with Crippen LogP contribution in [0.25, 0.3) is 11.0 Å². The van der Waals surface area contributed by atoms with Crippen molar-refractivity contribution in [1.29, 1.82) is 0 Å². The van der Waals surface area contributed by atoms with E-state index in [4.69, 9.17) is 11.6 Å². The molecule has 3 aromatic rings. The zero-order valence-corrected chi connectivity index (χ0v) is 16.5. The van der Waals surface area contributed by atoms with Crippen molar-refractivity contribution >= 4 is 38.6 Å². The molecule has 2 heterocycles. The molecule has 24 heavy (non-hydrogen) atoms. The number of benzene rings is 1. The lowest BCUT2D eigenvalue weighted by atomic mass is 10.0. The van der Waals surface area contributed by atoms with Gasteiger partial charge in [0.05, 0.1) is 17.8 Å². The van der Waals surface area contributed by atoms with Gasteiger partial charge in [0.2, 0.25) is 0 Å². The van der Waals surface area contributed by atoms with Gasteiger partial charge in [0.1, 0.15) is 5.52 Å². The number of hydrogen-bond donors (Lipinski definition) is 0. The van der Waals surface area contributed by atoms with Gasteiger partial charge in [0, 0.05) is 15.7 Å². The lowest BCUT2D eigenvalue weighted by Crippen LogP contribution is -2.05. The highest BCUT2D eigenvalue weighted by Crippen LogP contribution is 2.43. The molecule has 1 aliphatic carbocycles. The lowest BCUT2D eigenvalue weighted by Gasteiger charge is -2.12. The van der Waals surface area contributed by atoms with E-state index in [2.05, 4.69) is 38.1 Å². The maximum atomic E-state index is 6.47. The van der Waals surface area contributed by atoms with E-state index in [0.29, 0.717) is 12.5 Å². The van der Waals surface area contributed by atoms with Gasteiger partial charge in [-0.3, -0.25) is 9.67 Å². The molecule has 0 unspecified atom stereocenters. The summed E-state index contributed by atoms with van der Waals surface area (Å²) in [7, 11) is 0. The first-order valence-corrected chi connectivity index (χ1v) is 9.56. The fourth-order valence-electron chi connectivity index (χ4n) is 2.98. The summed E-state index contributed by atoms with van der Waals surface area (Å²) in [5, 5.41) is 5.49. The molecule has 0 bridgehead atoms. The molecular weight excluding hydrogens is 386 g/mol. The predicted molar refractivity (Wildman–Crippen MR) is 104 cm³/mol. The Morgan fingerprint density at radius 3 is 2.75 bits per heavy atom. The Morgan fingerprint density at radius 2 is 2.04 bits per heavy atom. The number of fused-ring (bicyclic) bond motifs is 1. The van der Waals surface area contributed by atoms with Crippen LogP contribution < -0.4 is 0 Å². The van der Waals surface area contributed by atoms with Crippen LogP contribution in [0.4, 0.5) is 0 Å². The largest absolute Gasteiger partial charge is 0.258 e. The number of aromatic nitrogens is 3. The molecule has 1 aromatic carbocycles. The minimum atomic E-state index is 0.668. The molecule has 2 aromatic heterocycles. The first-order chi connectivity index (χ1) is 11.6. The third-order valence-electron chi connectivity index (χ3n) is 4.21. The molecule has 3 nitrogen and oxygen atoms in total. The number of hydrogen-bond acceptors (Lipinski definition) is 2. The van der Waals surface area contributed by atoms with E-state index < -0.39 is 0 Å². The van der Waals surface area contributed by atoms with Crippen molar-refractivity contribution < 1.29 is 0 Å². The van der Waals surface area contributed by atoms with Crippen LogP contribution in [-0.4, -0.2) is 14.8 Å². The van der Waals surface area contributed by atoms with Crippen LogP contribution >= 0.6 is 27.5 Å². The molecule has 1 aliphatic rings. The second-order valence-corrected chi connectivity index (χ2v) is 7.17. The molecule has 1 fully saturated rings. The van der Waals surface area contributed by atoms with E-state index in [1.165, 1.54) is 24.0 Å². The van der Waals surface area contributed by atoms with Crippen molar-refractivity contribution in [2.24, 2.45) is 0 Å². The van der Waals surface area contributed by atoms with E-state index in [0.717, 1.165) is 26.2 Å². The predicted octanol–water partition coefficient (Wildman–Crippen LogP) is 6.11. The van der Waals surface area contributed by atoms with Crippen molar-refractivity contribution in [2.45, 2.75) is 46.1 Å². The van der Waals surface area contributed by atoms with Crippen molar-refractivity contribution in [1.82, 2.24) is 14.8 Å². The Morgan fingerprint density at radius 1 is 1.29 bits per heavy atom. The van der Waals surface area contributed by atoms with Gasteiger partial charge in [-0.1, -0.05) is 37.6 Å². The molecule has 0 spiro atoms. The fraction of sp³-hybridized carbons (Fsp3) is 0.368. The van der Waals surface area contributed by atoms with E-state index in [1.54, 1.807) is 0 Å². The van der Waals surface area contributed by atoms with Crippen LogP contribution in [-0.2, 0) is 6.54 Å². The first-order valence-electron chi connectivity index (χ1n) is 8.39. The Bertz CT molecular complexity index is 868. The summed E-state index contributed by atoms with van der Waals surface area (Å²) in [6.07, 6.45) is 4.34. The summed E-state index contributed by atoms with van der Waals surface area (Å²) < 4.78 is 2.97. The third-order valence-corrected chi connectivity index (χ3v) is 4.99. The zero-order valence-electron chi connectivity index (χ0n) is 14.2. The summed E-state index contributed by atoms with van der Waals surface area (Å²) in [6, 6.07) is 8.28. The monoisotopic (exact) mass is 405 g/mol. The van der Waals surface area contributed by atoms with Crippen LogP contribution in [0.1, 0.15) is 49.4 Å². The molecule has 1 saturated carbocycles. The summed E-state index contributed by atoms with van der Waals surface area (Å²) in [5.41, 5.74) is 5.49. The summed E-state index contributed by atoms with van der Waals surface area (Å²) in [4.78, 5) is 4.47. The van der Waals surface area contributed by atoms with E-state index in [-0.39, 0.29) is 0 Å². The SMILES string of the molecule is CC.Cc1nn(Cc2c(Cl)cccc2C2CC2)c2cc(Br)cnc12. The number of nitrogens with zero attached hydrogens (tertiary/aromatic N) is 3. The van der Waals surface area contributed by atoms with Gasteiger partial charge in [0.25, 0.3) is 0 Å². The van der Waals surface area contributed by atoms with Gasteiger partial charge < -0.3 is 0 Å². The number of pyridine rings is 1. The van der Waals surface area contributed by atoms with Gasteiger partial charge in [-0.15, -0.1) is 0 Å². The second-order valence-electron chi connectivity index (χ2n) is 5.85. The Hall–Kier alpha value is -1.39. The molecule has 0 radical (unpaired) electrons. The maximum Gasteiger partial charge on any atom is 0.111 e. The number of aryl methyl sites for hydroxylation is 1. The van der Waals surface area contributed by atoms with Crippen molar-refractivity contribution in [2.75, 3.05) is 0 Å². The van der Waals surface area contributed by atoms with Crippen LogP contribution in [0.2, 0.25) is 5.02 Å². The van der Waals surface area contributed by atoms with E-state index >= 15 is 0 Å². The molecule has 0 amide bonds. The van der Waals surface area contributed by atoms with Gasteiger partial charge >= 0.3 is 0 Å². The summed E-state index contributed by atoms with van der Waals surface area (Å²) >= 11 is 9.97. The highest BCUT2D eigenvalue weighted by Gasteiger charge is 2.27. The van der Waals surface area contributed by atoms with Gasteiger partial charge in [-0.2, -0.15) is 5.10 Å². The Kier molecular flexibility index (Phi) is 5.26. The molecule has 5 heteroatoms. The summed E-state index contributed by atoms with van der Waals surface area (Å²) in [6.45, 7) is 6.68. The minimum absolute atomic E-state index is 0.668. The van der Waals surface area contributed by atoms with E-state index in [9.17, 15) is 0 Å². The average Bonchev–Trinajstić information content (AvgIpc) is 3.38. The zero-order chi connectivity index (χ0) is 17.3. The topological polar surface area (TPSA) is 30.7 Å². The molecule has 0 atom stereocenters. The van der Waals surface area contributed by atoms with Gasteiger partial charge in [-0.25, -0.2) is 0 Å². The third kappa shape index (κ3) is 3.35. The van der Waals surface area contributed by atoms with Crippen molar-refractivity contribution in [3.8, 4) is 0 Å². The second kappa shape index (κ2) is 7.24. The van der Waals surface area contributed by atoms with Gasteiger partial charge in [0.15, 0.2) is 0 Å². The molecule has 126 valence electrons. The van der Waals surface area contributed by atoms with Crippen LogP contribution in [0.3, 0.4) is 0 Å². The number of halogens is 2. The maximum absolute atomic E-state index is 6.47. The molecule has 4 rings (SSSR count). The fourth-order valence-corrected chi connectivity index (χ4v) is 3.54. The lowest BCUT2D eigenvalue weighted by molar-refractivity contribution is 0.697. The smallest absolute Gasteiger partial charge is 0.111 e. The highest BCUT2D eigenvalue weighted by atomic mass is 79.9.